The number of hydrogen-bond acceptors (Lipinski definition) is 6. The number of likely N-dealkylation sites (N-methyl/N-ethyl adjacent to an activating group) is 1. The normalized spacial score (nSPS) is 16.8. The molecule has 21 heavy (non-hydrogen) atoms. The molecule has 0 amide bonds. The van der Waals surface area contributed by atoms with Crippen LogP contribution < -0.4 is 19.6 Å². The lowest BCUT2D eigenvalue weighted by Gasteiger charge is -2.32. The van der Waals surface area contributed by atoms with Crippen molar-refractivity contribution >= 4 is 0 Å². The lowest BCUT2D eigenvalue weighted by Crippen LogP contribution is -2.50. The lowest BCUT2D eigenvalue weighted by molar-refractivity contribution is 0.102. The third-order valence-electron chi connectivity index (χ3n) is 3.78. The average molecular weight is 295 g/mol. The molecule has 1 aromatic carbocycles. The van der Waals surface area contributed by atoms with Gasteiger partial charge in [0.25, 0.3) is 0 Å². The fourth-order valence-electron chi connectivity index (χ4n) is 2.39. The van der Waals surface area contributed by atoms with E-state index in [-0.39, 0.29) is 0 Å². The fourth-order valence-corrected chi connectivity index (χ4v) is 2.39. The molecule has 1 fully saturated rings. The highest BCUT2D eigenvalue weighted by Crippen LogP contribution is 2.34. The van der Waals surface area contributed by atoms with Crippen LogP contribution in [0.1, 0.15) is 5.56 Å². The average Bonchev–Trinajstić information content (AvgIpc) is 2.53. The smallest absolute Gasteiger partial charge is 0.164 e. The van der Waals surface area contributed by atoms with Crippen molar-refractivity contribution < 1.29 is 14.2 Å². The van der Waals surface area contributed by atoms with Gasteiger partial charge in [-0.2, -0.15) is 0 Å². The summed E-state index contributed by atoms with van der Waals surface area (Å²) in [5.41, 5.74) is 4.50. The summed E-state index contributed by atoms with van der Waals surface area (Å²) in [5, 5.41) is 2.25. The summed E-state index contributed by atoms with van der Waals surface area (Å²) in [4.78, 5) is 2.33. The predicted octanol–water partition coefficient (Wildman–Crippen LogP) is 0.964. The van der Waals surface area contributed by atoms with E-state index in [1.54, 1.807) is 21.3 Å². The minimum atomic E-state index is 0.678. The maximum absolute atomic E-state index is 5.44. The number of hydrogen-bond donors (Lipinski definition) is 1. The van der Waals surface area contributed by atoms with Crippen LogP contribution in [0, 0.1) is 0 Å². The molecule has 6 nitrogen and oxygen atoms in total. The van der Waals surface area contributed by atoms with Crippen molar-refractivity contribution in [1.82, 2.24) is 15.3 Å². The molecular weight excluding hydrogens is 270 g/mol. The molecule has 1 aromatic rings. The Labute approximate surface area is 126 Å². The van der Waals surface area contributed by atoms with Crippen molar-refractivity contribution in [3.8, 4) is 17.2 Å². The first kappa shape index (κ1) is 15.9. The fraction of sp³-hybridized carbons (Fsp3) is 0.600. The van der Waals surface area contributed by atoms with Gasteiger partial charge in [-0.3, -0.25) is 5.43 Å². The highest BCUT2D eigenvalue weighted by Gasteiger charge is 2.15. The van der Waals surface area contributed by atoms with Crippen molar-refractivity contribution in [2.45, 2.75) is 6.54 Å². The zero-order valence-corrected chi connectivity index (χ0v) is 13.3. The minimum absolute atomic E-state index is 0.678. The van der Waals surface area contributed by atoms with Gasteiger partial charge in [-0.15, -0.1) is 0 Å². The summed E-state index contributed by atoms with van der Waals surface area (Å²) in [7, 11) is 7.08. The molecule has 1 N–H and O–H groups in total. The lowest BCUT2D eigenvalue weighted by atomic mass is 10.1. The molecule has 6 heteroatoms. The number of piperazine rings is 1. The summed E-state index contributed by atoms with van der Waals surface area (Å²) in [6.45, 7) is 4.90. The number of ether oxygens (including phenoxy) is 3. The highest BCUT2D eigenvalue weighted by atomic mass is 16.5. The van der Waals surface area contributed by atoms with E-state index in [1.165, 1.54) is 0 Å². The Hall–Kier alpha value is -1.50. The molecule has 1 aliphatic rings. The van der Waals surface area contributed by atoms with E-state index >= 15 is 0 Å². The van der Waals surface area contributed by atoms with E-state index in [1.807, 2.05) is 12.1 Å². The number of nitrogens with one attached hydrogen (secondary N) is 1. The van der Waals surface area contributed by atoms with E-state index in [0.29, 0.717) is 18.0 Å². The molecule has 0 aliphatic carbocycles. The van der Waals surface area contributed by atoms with Gasteiger partial charge in [0.15, 0.2) is 11.5 Å². The zero-order valence-electron chi connectivity index (χ0n) is 13.3. The van der Waals surface area contributed by atoms with E-state index in [0.717, 1.165) is 37.5 Å². The van der Waals surface area contributed by atoms with Crippen molar-refractivity contribution in [3.05, 3.63) is 17.7 Å². The molecule has 0 atom stereocenters. The Morgan fingerprint density at radius 1 is 0.905 bits per heavy atom. The Balaban J connectivity index is 2.04. The van der Waals surface area contributed by atoms with Crippen molar-refractivity contribution in [1.29, 1.82) is 0 Å². The van der Waals surface area contributed by atoms with Crippen LogP contribution in [0.2, 0.25) is 0 Å². The van der Waals surface area contributed by atoms with Crippen LogP contribution in [0.3, 0.4) is 0 Å². The van der Waals surface area contributed by atoms with E-state index in [2.05, 4.69) is 22.4 Å². The first-order chi connectivity index (χ1) is 10.2. The molecule has 0 spiro atoms. The van der Waals surface area contributed by atoms with Crippen LogP contribution in [-0.2, 0) is 6.54 Å². The van der Waals surface area contributed by atoms with Crippen LogP contribution >= 0.6 is 0 Å². The summed E-state index contributed by atoms with van der Waals surface area (Å²) < 4.78 is 16.1. The molecule has 0 aromatic heterocycles. The molecule has 1 aliphatic heterocycles. The summed E-state index contributed by atoms with van der Waals surface area (Å²) >= 11 is 0. The molecule has 0 unspecified atom stereocenters. The summed E-state index contributed by atoms with van der Waals surface area (Å²) in [5.74, 6) is 2.19. The molecule has 0 saturated carbocycles. The third-order valence-corrected chi connectivity index (χ3v) is 3.78. The van der Waals surface area contributed by atoms with Gasteiger partial charge < -0.3 is 19.1 Å². The minimum Gasteiger partial charge on any atom is -0.496 e. The number of benzene rings is 1. The largest absolute Gasteiger partial charge is 0.496 e. The molecular formula is C15H25N3O3. The Morgan fingerprint density at radius 2 is 1.48 bits per heavy atom. The van der Waals surface area contributed by atoms with Gasteiger partial charge in [-0.25, -0.2) is 5.01 Å². The standard InChI is InChI=1S/C15H25N3O3/c1-17-5-7-18(8-6-17)16-11-12-9-14(20-3)15(21-4)10-13(12)19-2/h9-10,16H,5-8,11H2,1-4H3. The molecule has 2 rings (SSSR count). The number of methoxy groups -OCH3 is 3. The molecule has 0 radical (unpaired) electrons. The molecule has 1 saturated heterocycles. The second-order valence-corrected chi connectivity index (χ2v) is 5.14. The van der Waals surface area contributed by atoms with Gasteiger partial charge in [-0.1, -0.05) is 0 Å². The van der Waals surface area contributed by atoms with Gasteiger partial charge >= 0.3 is 0 Å². The zero-order chi connectivity index (χ0) is 15.2. The van der Waals surface area contributed by atoms with Crippen LogP contribution in [0.5, 0.6) is 17.2 Å². The Kier molecular flexibility index (Phi) is 5.67. The quantitative estimate of drug-likeness (QED) is 0.843. The monoisotopic (exact) mass is 295 g/mol. The van der Waals surface area contributed by atoms with Crippen LogP contribution in [0.25, 0.3) is 0 Å². The third kappa shape index (κ3) is 4.00. The van der Waals surface area contributed by atoms with Gasteiger partial charge in [0.2, 0.25) is 0 Å². The number of hydrazine groups is 1. The maximum atomic E-state index is 5.44. The van der Waals surface area contributed by atoms with Crippen molar-refractivity contribution in [2.24, 2.45) is 0 Å². The maximum Gasteiger partial charge on any atom is 0.164 e. The first-order valence-corrected chi connectivity index (χ1v) is 7.13. The van der Waals surface area contributed by atoms with E-state index in [4.69, 9.17) is 14.2 Å². The topological polar surface area (TPSA) is 46.2 Å². The first-order valence-electron chi connectivity index (χ1n) is 7.13. The second-order valence-electron chi connectivity index (χ2n) is 5.14. The predicted molar refractivity (Wildman–Crippen MR) is 82.0 cm³/mol. The van der Waals surface area contributed by atoms with Crippen molar-refractivity contribution in [3.63, 3.8) is 0 Å². The van der Waals surface area contributed by atoms with Gasteiger partial charge in [0.1, 0.15) is 5.75 Å². The molecule has 118 valence electrons. The number of nitrogens with zero attached hydrogens (tertiary/aromatic N) is 2. The molecule has 0 bridgehead atoms. The SMILES string of the molecule is COc1cc(OC)c(OC)cc1CNN1CCN(C)CC1. The summed E-state index contributed by atoms with van der Waals surface area (Å²) in [6.07, 6.45) is 0. The van der Waals surface area contributed by atoms with Gasteiger partial charge in [-0.05, 0) is 13.1 Å². The second kappa shape index (κ2) is 7.49. The van der Waals surface area contributed by atoms with E-state index < -0.39 is 0 Å². The highest BCUT2D eigenvalue weighted by molar-refractivity contribution is 5.50. The molecule has 1 heterocycles. The van der Waals surface area contributed by atoms with Crippen LogP contribution in [0.15, 0.2) is 12.1 Å². The van der Waals surface area contributed by atoms with Gasteiger partial charge in [0.05, 0.1) is 21.3 Å². The number of rotatable bonds is 6. The summed E-state index contributed by atoms with van der Waals surface area (Å²) in [6, 6.07) is 3.82. The van der Waals surface area contributed by atoms with Crippen LogP contribution in [-0.4, -0.2) is 64.5 Å². The van der Waals surface area contributed by atoms with Gasteiger partial charge in [0, 0.05) is 44.4 Å². The van der Waals surface area contributed by atoms with Crippen molar-refractivity contribution in [2.75, 3.05) is 54.6 Å². The van der Waals surface area contributed by atoms with Crippen LogP contribution in [0.4, 0.5) is 0 Å². The van der Waals surface area contributed by atoms with E-state index in [9.17, 15) is 0 Å². The Morgan fingerprint density at radius 3 is 2.05 bits per heavy atom. The Bertz CT molecular complexity index is 460.